The lowest BCUT2D eigenvalue weighted by atomic mass is 10.1. The highest BCUT2D eigenvalue weighted by Gasteiger charge is 2.10. The normalized spacial score (nSPS) is 10.4. The molecule has 1 N–H and O–H groups in total. The molecule has 1 aromatic heterocycles. The fourth-order valence-corrected chi connectivity index (χ4v) is 3.04. The lowest BCUT2D eigenvalue weighted by Gasteiger charge is -2.19. The molecule has 3 rings (SSSR count). The number of hydrogen-bond acceptors (Lipinski definition) is 4. The average Bonchev–Trinajstić information content (AvgIpc) is 2.75. The van der Waals surface area contributed by atoms with Gasteiger partial charge in [-0.05, 0) is 35.7 Å². The van der Waals surface area contributed by atoms with E-state index in [1.54, 1.807) is 13.3 Å². The zero-order valence-corrected chi connectivity index (χ0v) is 16.3. The fourth-order valence-electron chi connectivity index (χ4n) is 3.04. The standard InChI is InChI=1S/C23H25N3O2/c1-26(17-18-8-4-3-5-9-18)20-13-15-24-21(16-20)23(27)25-14-12-19-10-6-7-11-22(19)28-2/h3-11,13,15-16H,12,14,17H2,1-2H3,(H,25,27). The first-order valence-corrected chi connectivity index (χ1v) is 9.28. The molecule has 0 radical (unpaired) electrons. The zero-order valence-electron chi connectivity index (χ0n) is 16.3. The number of carbonyl (C=O) groups is 1. The van der Waals surface area contributed by atoms with Crippen molar-refractivity contribution < 1.29 is 9.53 Å². The second-order valence-electron chi connectivity index (χ2n) is 6.56. The minimum absolute atomic E-state index is 0.176. The molecule has 144 valence electrons. The number of aromatic nitrogens is 1. The maximum Gasteiger partial charge on any atom is 0.269 e. The van der Waals surface area contributed by atoms with Gasteiger partial charge in [-0.1, -0.05) is 48.5 Å². The topological polar surface area (TPSA) is 54.5 Å². The van der Waals surface area contributed by atoms with E-state index in [-0.39, 0.29) is 5.91 Å². The summed E-state index contributed by atoms with van der Waals surface area (Å²) in [7, 11) is 3.66. The first kappa shape index (κ1) is 19.4. The van der Waals surface area contributed by atoms with Crippen LogP contribution in [0.3, 0.4) is 0 Å². The van der Waals surface area contributed by atoms with Crippen LogP contribution in [0.15, 0.2) is 72.9 Å². The van der Waals surface area contributed by atoms with E-state index in [0.29, 0.717) is 18.7 Å². The van der Waals surface area contributed by atoms with Gasteiger partial charge in [0.15, 0.2) is 0 Å². The number of para-hydroxylation sites is 1. The van der Waals surface area contributed by atoms with Crippen LogP contribution in [0.5, 0.6) is 5.75 Å². The fraction of sp³-hybridized carbons (Fsp3) is 0.217. The van der Waals surface area contributed by atoms with Gasteiger partial charge in [0.05, 0.1) is 7.11 Å². The van der Waals surface area contributed by atoms with Crippen molar-refractivity contribution in [1.82, 2.24) is 10.3 Å². The van der Waals surface area contributed by atoms with Crippen LogP contribution in [-0.4, -0.2) is 31.6 Å². The van der Waals surface area contributed by atoms with Gasteiger partial charge in [0.1, 0.15) is 11.4 Å². The molecular weight excluding hydrogens is 350 g/mol. The molecule has 0 saturated carbocycles. The van der Waals surface area contributed by atoms with Crippen molar-refractivity contribution >= 4 is 11.6 Å². The van der Waals surface area contributed by atoms with Gasteiger partial charge in [-0.25, -0.2) is 0 Å². The van der Waals surface area contributed by atoms with Crippen molar-refractivity contribution in [3.05, 3.63) is 89.7 Å². The Morgan fingerprint density at radius 3 is 2.61 bits per heavy atom. The smallest absolute Gasteiger partial charge is 0.269 e. The Balaban J connectivity index is 1.59. The average molecular weight is 375 g/mol. The molecule has 1 amide bonds. The molecule has 28 heavy (non-hydrogen) atoms. The molecule has 1 heterocycles. The third-order valence-corrected chi connectivity index (χ3v) is 4.55. The third kappa shape index (κ3) is 5.10. The largest absolute Gasteiger partial charge is 0.496 e. The molecular formula is C23H25N3O2. The summed E-state index contributed by atoms with van der Waals surface area (Å²) < 4.78 is 5.35. The summed E-state index contributed by atoms with van der Waals surface area (Å²) in [5.41, 5.74) is 3.64. The number of benzene rings is 2. The van der Waals surface area contributed by atoms with Crippen molar-refractivity contribution in [1.29, 1.82) is 0 Å². The Morgan fingerprint density at radius 2 is 1.82 bits per heavy atom. The van der Waals surface area contributed by atoms with Gasteiger partial charge in [0.2, 0.25) is 0 Å². The molecule has 0 aliphatic heterocycles. The van der Waals surface area contributed by atoms with Crippen LogP contribution < -0.4 is 15.0 Å². The van der Waals surface area contributed by atoms with Gasteiger partial charge in [0, 0.05) is 32.0 Å². The van der Waals surface area contributed by atoms with Crippen LogP contribution in [0.4, 0.5) is 5.69 Å². The van der Waals surface area contributed by atoms with Crippen molar-refractivity contribution in [2.45, 2.75) is 13.0 Å². The van der Waals surface area contributed by atoms with Crippen molar-refractivity contribution in [3.63, 3.8) is 0 Å². The van der Waals surface area contributed by atoms with Gasteiger partial charge in [-0.15, -0.1) is 0 Å². The molecule has 0 saturated heterocycles. The number of pyridine rings is 1. The predicted molar refractivity (Wildman–Crippen MR) is 112 cm³/mol. The lowest BCUT2D eigenvalue weighted by molar-refractivity contribution is 0.0949. The maximum atomic E-state index is 12.5. The van der Waals surface area contributed by atoms with Crippen molar-refractivity contribution in [2.75, 3.05) is 25.6 Å². The molecule has 0 atom stereocenters. The monoisotopic (exact) mass is 375 g/mol. The van der Waals surface area contributed by atoms with Gasteiger partial charge in [0.25, 0.3) is 5.91 Å². The number of rotatable bonds is 8. The quantitative estimate of drug-likeness (QED) is 0.652. The van der Waals surface area contributed by atoms with Gasteiger partial charge in [-0.2, -0.15) is 0 Å². The number of carbonyl (C=O) groups excluding carboxylic acids is 1. The van der Waals surface area contributed by atoms with E-state index in [1.165, 1.54) is 5.56 Å². The van der Waals surface area contributed by atoms with Crippen LogP contribution in [0.2, 0.25) is 0 Å². The SMILES string of the molecule is COc1ccccc1CCNC(=O)c1cc(N(C)Cc2ccccc2)ccn1. The third-order valence-electron chi connectivity index (χ3n) is 4.55. The van der Waals surface area contributed by atoms with Gasteiger partial charge >= 0.3 is 0 Å². The van der Waals surface area contributed by atoms with E-state index in [0.717, 1.165) is 23.5 Å². The van der Waals surface area contributed by atoms with Crippen LogP contribution in [-0.2, 0) is 13.0 Å². The van der Waals surface area contributed by atoms with Gasteiger partial charge in [-0.3, -0.25) is 9.78 Å². The molecule has 0 fully saturated rings. The van der Waals surface area contributed by atoms with E-state index in [1.807, 2.05) is 61.6 Å². The zero-order chi connectivity index (χ0) is 19.8. The second-order valence-corrected chi connectivity index (χ2v) is 6.56. The first-order valence-electron chi connectivity index (χ1n) is 9.28. The molecule has 2 aromatic carbocycles. The van der Waals surface area contributed by atoms with Crippen LogP contribution >= 0.6 is 0 Å². The summed E-state index contributed by atoms with van der Waals surface area (Å²) in [6.45, 7) is 1.28. The van der Waals surface area contributed by atoms with Crippen LogP contribution in [0.1, 0.15) is 21.6 Å². The van der Waals surface area contributed by atoms with Crippen LogP contribution in [0.25, 0.3) is 0 Å². The summed E-state index contributed by atoms with van der Waals surface area (Å²) >= 11 is 0. The summed E-state index contributed by atoms with van der Waals surface area (Å²) in [4.78, 5) is 18.8. The molecule has 0 spiro atoms. The summed E-state index contributed by atoms with van der Waals surface area (Å²) in [6.07, 6.45) is 2.37. The lowest BCUT2D eigenvalue weighted by Crippen LogP contribution is -2.27. The number of hydrogen-bond donors (Lipinski definition) is 1. The molecule has 0 aliphatic rings. The first-order chi connectivity index (χ1) is 13.7. The Bertz CT molecular complexity index is 912. The predicted octanol–water partition coefficient (Wildman–Crippen LogP) is 3.70. The highest BCUT2D eigenvalue weighted by atomic mass is 16.5. The molecule has 0 bridgehead atoms. The van der Waals surface area contributed by atoms with Gasteiger partial charge < -0.3 is 15.0 Å². The van der Waals surface area contributed by atoms with E-state index < -0.39 is 0 Å². The Hall–Kier alpha value is -3.34. The highest BCUT2D eigenvalue weighted by molar-refractivity contribution is 5.93. The van der Waals surface area contributed by atoms with E-state index in [4.69, 9.17) is 4.74 Å². The number of nitrogens with one attached hydrogen (secondary N) is 1. The summed E-state index contributed by atoms with van der Waals surface area (Å²) in [5, 5.41) is 2.94. The highest BCUT2D eigenvalue weighted by Crippen LogP contribution is 2.18. The van der Waals surface area contributed by atoms with Crippen LogP contribution in [0, 0.1) is 0 Å². The molecule has 5 heteroatoms. The molecule has 0 unspecified atom stereocenters. The van der Waals surface area contributed by atoms with Crippen molar-refractivity contribution in [2.24, 2.45) is 0 Å². The molecule has 0 aliphatic carbocycles. The number of methoxy groups -OCH3 is 1. The van der Waals surface area contributed by atoms with E-state index >= 15 is 0 Å². The number of amides is 1. The second kappa shape index (κ2) is 9.55. The Morgan fingerprint density at radius 1 is 1.07 bits per heavy atom. The molecule has 5 nitrogen and oxygen atoms in total. The minimum Gasteiger partial charge on any atom is -0.496 e. The number of ether oxygens (including phenoxy) is 1. The summed E-state index contributed by atoms with van der Waals surface area (Å²) in [5.74, 6) is 0.657. The van der Waals surface area contributed by atoms with E-state index in [9.17, 15) is 4.79 Å². The Labute approximate surface area is 166 Å². The van der Waals surface area contributed by atoms with E-state index in [2.05, 4.69) is 27.3 Å². The maximum absolute atomic E-state index is 12.5. The van der Waals surface area contributed by atoms with Crippen molar-refractivity contribution in [3.8, 4) is 5.75 Å². The molecule has 3 aromatic rings. The number of nitrogens with zero attached hydrogens (tertiary/aromatic N) is 2. The minimum atomic E-state index is -0.176. The Kier molecular flexibility index (Phi) is 6.63. The number of anilines is 1. The summed E-state index contributed by atoms with van der Waals surface area (Å²) in [6, 6.07) is 21.8.